The fourth-order valence-corrected chi connectivity index (χ4v) is 3.85. The number of carbonyl (C=O) groups excluding carboxylic acids is 2. The fourth-order valence-electron chi connectivity index (χ4n) is 3.65. The average Bonchev–Trinajstić information content (AvgIpc) is 3.07. The molecule has 6 nitrogen and oxygen atoms in total. The summed E-state index contributed by atoms with van der Waals surface area (Å²) in [5.41, 5.74) is 1.43. The summed E-state index contributed by atoms with van der Waals surface area (Å²) >= 11 is 6.03. The Hall–Kier alpha value is -3.33. The molecule has 10 heteroatoms. The van der Waals surface area contributed by atoms with Gasteiger partial charge in [0, 0.05) is 34.7 Å². The van der Waals surface area contributed by atoms with E-state index >= 15 is 0 Å². The summed E-state index contributed by atoms with van der Waals surface area (Å²) in [6.45, 7) is 1.58. The van der Waals surface area contributed by atoms with Crippen molar-refractivity contribution < 1.29 is 22.8 Å². The van der Waals surface area contributed by atoms with Crippen molar-refractivity contribution in [3.05, 3.63) is 70.0 Å². The van der Waals surface area contributed by atoms with Crippen LogP contribution in [0.2, 0.25) is 5.15 Å². The van der Waals surface area contributed by atoms with E-state index in [4.69, 9.17) is 11.6 Å². The molecular weight excluding hydrogens is 433 g/mol. The minimum absolute atomic E-state index is 0.0575. The van der Waals surface area contributed by atoms with Crippen LogP contribution < -0.4 is 10.6 Å². The van der Waals surface area contributed by atoms with Gasteiger partial charge in [0.05, 0.1) is 11.1 Å². The van der Waals surface area contributed by atoms with Gasteiger partial charge in [-0.2, -0.15) is 18.3 Å². The van der Waals surface area contributed by atoms with E-state index in [0.29, 0.717) is 27.9 Å². The van der Waals surface area contributed by atoms with E-state index in [9.17, 15) is 22.8 Å². The number of benzene rings is 2. The molecule has 0 bridgehead atoms. The smallest absolute Gasteiger partial charge is 0.330 e. The van der Waals surface area contributed by atoms with Crippen LogP contribution in [0, 0.1) is 0 Å². The lowest BCUT2D eigenvalue weighted by Gasteiger charge is -2.27. The lowest BCUT2D eigenvalue weighted by molar-refractivity contribution is -0.137. The predicted molar refractivity (Wildman–Crippen MR) is 109 cm³/mol. The van der Waals surface area contributed by atoms with E-state index in [-0.39, 0.29) is 23.1 Å². The molecule has 0 saturated carbocycles. The third-order valence-electron chi connectivity index (χ3n) is 5.13. The molecule has 0 aliphatic carbocycles. The number of nitrogens with one attached hydrogen (secondary N) is 3. The van der Waals surface area contributed by atoms with Gasteiger partial charge in [0.1, 0.15) is 0 Å². The molecule has 0 spiro atoms. The first-order chi connectivity index (χ1) is 14.6. The fraction of sp³-hybridized carbons (Fsp3) is 0.190. The van der Waals surface area contributed by atoms with Gasteiger partial charge in [0.15, 0.2) is 5.15 Å². The molecule has 3 N–H and O–H groups in total. The molecule has 1 atom stereocenters. The van der Waals surface area contributed by atoms with Gasteiger partial charge in [-0.25, -0.2) is 0 Å². The van der Waals surface area contributed by atoms with Crippen LogP contribution in [0.15, 0.2) is 53.7 Å². The van der Waals surface area contributed by atoms with Gasteiger partial charge in [-0.1, -0.05) is 23.7 Å². The molecule has 1 aliphatic heterocycles. The highest BCUT2D eigenvalue weighted by molar-refractivity contribution is 6.34. The Kier molecular flexibility index (Phi) is 5.22. The Morgan fingerprint density at radius 3 is 2.58 bits per heavy atom. The molecular formula is C21H16ClF3N4O2. The van der Waals surface area contributed by atoms with Crippen molar-refractivity contribution in [1.29, 1.82) is 0 Å². The van der Waals surface area contributed by atoms with E-state index in [2.05, 4.69) is 20.8 Å². The van der Waals surface area contributed by atoms with Crippen LogP contribution in [-0.2, 0) is 15.8 Å². The SMILES string of the molecule is CC1=C(C(=O)Nc2ccc3[nH]nc(Cl)c3c2)C(c2ccc(C(F)(F)F)cc2)CC(=O)N1. The van der Waals surface area contributed by atoms with Crippen molar-refractivity contribution in [3.8, 4) is 0 Å². The average molecular weight is 449 g/mol. The van der Waals surface area contributed by atoms with Gasteiger partial charge in [0.25, 0.3) is 5.91 Å². The van der Waals surface area contributed by atoms with Crippen LogP contribution in [0.4, 0.5) is 18.9 Å². The monoisotopic (exact) mass is 448 g/mol. The van der Waals surface area contributed by atoms with Crippen LogP contribution in [0.5, 0.6) is 0 Å². The molecule has 2 aromatic carbocycles. The third-order valence-corrected chi connectivity index (χ3v) is 5.42. The maximum absolute atomic E-state index is 13.1. The van der Waals surface area contributed by atoms with Gasteiger partial charge >= 0.3 is 6.18 Å². The molecule has 0 fully saturated rings. The molecule has 160 valence electrons. The zero-order chi connectivity index (χ0) is 22.3. The lowest BCUT2D eigenvalue weighted by atomic mass is 9.83. The van der Waals surface area contributed by atoms with Gasteiger partial charge in [-0.3, -0.25) is 14.7 Å². The zero-order valence-electron chi connectivity index (χ0n) is 16.1. The molecule has 1 aliphatic rings. The summed E-state index contributed by atoms with van der Waals surface area (Å²) in [5.74, 6) is -1.47. The van der Waals surface area contributed by atoms with E-state index < -0.39 is 23.6 Å². The molecule has 2 amide bonds. The highest BCUT2D eigenvalue weighted by Gasteiger charge is 2.34. The number of carbonyl (C=O) groups is 2. The molecule has 0 saturated heterocycles. The van der Waals surface area contributed by atoms with Crippen LogP contribution in [-0.4, -0.2) is 22.0 Å². The van der Waals surface area contributed by atoms with Gasteiger partial charge in [-0.05, 0) is 42.8 Å². The first-order valence-electron chi connectivity index (χ1n) is 9.26. The normalized spacial score (nSPS) is 17.1. The number of rotatable bonds is 3. The van der Waals surface area contributed by atoms with E-state index in [0.717, 1.165) is 12.1 Å². The standard InChI is InChI=1S/C21H16ClF3N4O2/c1-10-18(20(31)27-13-6-7-16-15(8-13)19(22)29-28-16)14(9-17(30)26-10)11-2-4-12(5-3-11)21(23,24)25/h2-8,14H,9H2,1H3,(H,26,30)(H,27,31)(H,28,29). The number of allylic oxidation sites excluding steroid dienone is 1. The highest BCUT2D eigenvalue weighted by atomic mass is 35.5. The molecule has 4 rings (SSSR count). The topological polar surface area (TPSA) is 86.9 Å². The van der Waals surface area contributed by atoms with Crippen molar-refractivity contribution in [1.82, 2.24) is 15.5 Å². The number of hydrogen-bond acceptors (Lipinski definition) is 3. The van der Waals surface area contributed by atoms with Gasteiger partial charge < -0.3 is 10.6 Å². The number of aromatic nitrogens is 2. The number of nitrogens with zero attached hydrogens (tertiary/aromatic N) is 1. The van der Waals surface area contributed by atoms with Gasteiger partial charge in [-0.15, -0.1) is 0 Å². The summed E-state index contributed by atoms with van der Waals surface area (Å²) in [7, 11) is 0. The maximum Gasteiger partial charge on any atom is 0.416 e. The number of anilines is 1. The molecule has 2 heterocycles. The van der Waals surface area contributed by atoms with Crippen LogP contribution >= 0.6 is 11.6 Å². The maximum atomic E-state index is 13.1. The van der Waals surface area contributed by atoms with E-state index in [1.165, 1.54) is 12.1 Å². The van der Waals surface area contributed by atoms with Crippen molar-refractivity contribution >= 4 is 40.0 Å². The van der Waals surface area contributed by atoms with Crippen molar-refractivity contribution in [3.63, 3.8) is 0 Å². The summed E-state index contributed by atoms with van der Waals surface area (Å²) in [6.07, 6.45) is -4.53. The summed E-state index contributed by atoms with van der Waals surface area (Å²) in [6, 6.07) is 9.51. The summed E-state index contributed by atoms with van der Waals surface area (Å²) in [5, 5.41) is 12.9. The number of H-pyrrole nitrogens is 1. The number of halogens is 4. The zero-order valence-corrected chi connectivity index (χ0v) is 16.9. The quantitative estimate of drug-likeness (QED) is 0.540. The first-order valence-corrected chi connectivity index (χ1v) is 9.64. The number of amides is 2. The minimum Gasteiger partial charge on any atom is -0.330 e. The number of hydrogen-bond donors (Lipinski definition) is 3. The lowest BCUT2D eigenvalue weighted by Crippen LogP contribution is -2.35. The summed E-state index contributed by atoms with van der Waals surface area (Å²) < 4.78 is 38.7. The predicted octanol–water partition coefficient (Wildman–Crippen LogP) is 4.75. The number of fused-ring (bicyclic) bond motifs is 1. The second-order valence-corrected chi connectivity index (χ2v) is 7.55. The van der Waals surface area contributed by atoms with Crippen molar-refractivity contribution in [2.45, 2.75) is 25.4 Å². The van der Waals surface area contributed by atoms with Crippen LogP contribution in [0.1, 0.15) is 30.4 Å². The largest absolute Gasteiger partial charge is 0.416 e. The third kappa shape index (κ3) is 4.13. The number of alkyl halides is 3. The minimum atomic E-state index is -4.47. The number of aromatic amines is 1. The van der Waals surface area contributed by atoms with Crippen molar-refractivity contribution in [2.24, 2.45) is 0 Å². The first kappa shape index (κ1) is 20.9. The Labute approximate surface area is 179 Å². The molecule has 1 aromatic heterocycles. The van der Waals surface area contributed by atoms with E-state index in [1.54, 1.807) is 25.1 Å². The Balaban J connectivity index is 1.65. The van der Waals surface area contributed by atoms with Crippen molar-refractivity contribution in [2.75, 3.05) is 5.32 Å². The Morgan fingerprint density at radius 2 is 1.90 bits per heavy atom. The molecule has 31 heavy (non-hydrogen) atoms. The molecule has 1 unspecified atom stereocenters. The van der Waals surface area contributed by atoms with Crippen LogP contribution in [0.25, 0.3) is 10.9 Å². The second-order valence-electron chi connectivity index (χ2n) is 7.19. The Bertz CT molecular complexity index is 1220. The molecule has 0 radical (unpaired) electrons. The summed E-state index contributed by atoms with van der Waals surface area (Å²) in [4.78, 5) is 25.2. The Morgan fingerprint density at radius 1 is 1.19 bits per heavy atom. The van der Waals surface area contributed by atoms with Crippen LogP contribution in [0.3, 0.4) is 0 Å². The molecule has 3 aromatic rings. The highest BCUT2D eigenvalue weighted by Crippen LogP contribution is 2.36. The van der Waals surface area contributed by atoms with Gasteiger partial charge in [0.2, 0.25) is 5.91 Å². The van der Waals surface area contributed by atoms with E-state index in [1.807, 2.05) is 0 Å². The second kappa shape index (κ2) is 7.73.